The zero-order chi connectivity index (χ0) is 15.1. The van der Waals surface area contributed by atoms with E-state index in [1.165, 1.54) is 25.9 Å². The van der Waals surface area contributed by atoms with Crippen LogP contribution < -0.4 is 5.73 Å². The SMILES string of the molecule is COCC(N)C(=O)N1CCC(OCCN2CCCC2)CC1. The molecule has 2 aliphatic heterocycles. The standard InChI is InChI=1S/C15H29N3O3/c1-20-12-14(16)15(19)18-8-4-13(5-9-18)21-11-10-17-6-2-3-7-17/h13-14H,2-12,16H2,1H3. The Bertz CT molecular complexity index is 313. The summed E-state index contributed by atoms with van der Waals surface area (Å²) >= 11 is 0. The van der Waals surface area contributed by atoms with Crippen LogP contribution in [-0.2, 0) is 14.3 Å². The molecule has 2 rings (SSSR count). The first kappa shape index (κ1) is 16.7. The number of amides is 1. The van der Waals surface area contributed by atoms with Crippen LogP contribution >= 0.6 is 0 Å². The van der Waals surface area contributed by atoms with Crippen LogP contribution in [0.5, 0.6) is 0 Å². The number of ether oxygens (including phenoxy) is 2. The fourth-order valence-corrected chi connectivity index (χ4v) is 3.08. The van der Waals surface area contributed by atoms with Crippen LogP contribution in [0.4, 0.5) is 0 Å². The Morgan fingerprint density at radius 3 is 2.52 bits per heavy atom. The molecule has 2 saturated heterocycles. The van der Waals surface area contributed by atoms with Crippen LogP contribution in [0.25, 0.3) is 0 Å². The van der Waals surface area contributed by atoms with Crippen LogP contribution in [0.1, 0.15) is 25.7 Å². The van der Waals surface area contributed by atoms with Gasteiger partial charge in [0.2, 0.25) is 5.91 Å². The summed E-state index contributed by atoms with van der Waals surface area (Å²) in [5.74, 6) is -0.00707. The molecule has 0 spiro atoms. The molecule has 0 aromatic carbocycles. The van der Waals surface area contributed by atoms with Gasteiger partial charge in [0.1, 0.15) is 6.04 Å². The maximum atomic E-state index is 12.1. The van der Waals surface area contributed by atoms with Crippen LogP contribution in [0, 0.1) is 0 Å². The number of nitrogens with zero attached hydrogens (tertiary/aromatic N) is 2. The minimum atomic E-state index is -0.539. The van der Waals surface area contributed by atoms with Gasteiger partial charge in [-0.15, -0.1) is 0 Å². The summed E-state index contributed by atoms with van der Waals surface area (Å²) in [4.78, 5) is 16.4. The monoisotopic (exact) mass is 299 g/mol. The molecule has 0 aromatic heterocycles. The van der Waals surface area contributed by atoms with E-state index in [0.29, 0.717) is 0 Å². The number of piperidine rings is 1. The number of nitrogens with two attached hydrogens (primary N) is 1. The normalized spacial score (nSPS) is 22.7. The molecule has 1 unspecified atom stereocenters. The molecule has 0 saturated carbocycles. The van der Waals surface area contributed by atoms with E-state index in [2.05, 4.69) is 4.90 Å². The van der Waals surface area contributed by atoms with E-state index < -0.39 is 6.04 Å². The van der Waals surface area contributed by atoms with Crippen molar-refractivity contribution in [3.8, 4) is 0 Å². The van der Waals surface area contributed by atoms with E-state index in [-0.39, 0.29) is 18.6 Å². The van der Waals surface area contributed by atoms with Crippen LogP contribution in [0.15, 0.2) is 0 Å². The second-order valence-corrected chi connectivity index (χ2v) is 6.01. The molecular formula is C15H29N3O3. The minimum absolute atomic E-state index is 0.00707. The third-order valence-corrected chi connectivity index (χ3v) is 4.38. The lowest BCUT2D eigenvalue weighted by Crippen LogP contribution is -2.50. The first-order valence-electron chi connectivity index (χ1n) is 8.08. The van der Waals surface area contributed by atoms with Gasteiger partial charge in [-0.2, -0.15) is 0 Å². The van der Waals surface area contributed by atoms with Crippen LogP contribution in [0.3, 0.4) is 0 Å². The van der Waals surface area contributed by atoms with Crippen LogP contribution in [-0.4, -0.2) is 80.9 Å². The predicted octanol–water partition coefficient (Wildman–Crippen LogP) is 0.0635. The number of methoxy groups -OCH3 is 1. The quantitative estimate of drug-likeness (QED) is 0.720. The van der Waals surface area contributed by atoms with Crippen molar-refractivity contribution in [1.82, 2.24) is 9.80 Å². The van der Waals surface area contributed by atoms with E-state index in [4.69, 9.17) is 15.2 Å². The molecule has 6 heteroatoms. The summed E-state index contributed by atoms with van der Waals surface area (Å²) in [5, 5.41) is 0. The van der Waals surface area contributed by atoms with Gasteiger partial charge in [0, 0.05) is 26.7 Å². The highest BCUT2D eigenvalue weighted by atomic mass is 16.5. The largest absolute Gasteiger partial charge is 0.383 e. The summed E-state index contributed by atoms with van der Waals surface area (Å²) in [5.41, 5.74) is 5.79. The van der Waals surface area contributed by atoms with Crippen molar-refractivity contribution in [3.63, 3.8) is 0 Å². The highest BCUT2D eigenvalue weighted by molar-refractivity contribution is 5.81. The van der Waals surface area contributed by atoms with Gasteiger partial charge < -0.3 is 25.0 Å². The molecule has 0 radical (unpaired) electrons. The van der Waals surface area contributed by atoms with Gasteiger partial charge in [-0.3, -0.25) is 4.79 Å². The molecule has 0 aliphatic carbocycles. The second-order valence-electron chi connectivity index (χ2n) is 6.01. The lowest BCUT2D eigenvalue weighted by atomic mass is 10.1. The average molecular weight is 299 g/mol. The maximum absolute atomic E-state index is 12.1. The summed E-state index contributed by atoms with van der Waals surface area (Å²) in [6.07, 6.45) is 4.75. The van der Waals surface area contributed by atoms with Crippen molar-refractivity contribution in [2.75, 3.05) is 53.0 Å². The smallest absolute Gasteiger partial charge is 0.241 e. The first-order chi connectivity index (χ1) is 10.2. The number of hydrogen-bond acceptors (Lipinski definition) is 5. The Balaban J connectivity index is 1.60. The third kappa shape index (κ3) is 5.21. The number of likely N-dealkylation sites (tertiary alicyclic amines) is 2. The maximum Gasteiger partial charge on any atom is 0.241 e. The molecule has 2 heterocycles. The van der Waals surface area contributed by atoms with Crippen molar-refractivity contribution in [3.05, 3.63) is 0 Å². The van der Waals surface area contributed by atoms with Gasteiger partial charge in [-0.1, -0.05) is 0 Å². The van der Waals surface area contributed by atoms with Crippen molar-refractivity contribution >= 4 is 5.91 Å². The topological polar surface area (TPSA) is 68.0 Å². The second kappa shape index (κ2) is 8.68. The van der Waals surface area contributed by atoms with Gasteiger partial charge in [0.25, 0.3) is 0 Å². The first-order valence-corrected chi connectivity index (χ1v) is 8.08. The Labute approximate surface area is 127 Å². The summed E-state index contributed by atoms with van der Waals surface area (Å²) in [6.45, 7) is 6.04. The number of carbonyl (C=O) groups is 1. The molecule has 21 heavy (non-hydrogen) atoms. The van der Waals surface area contributed by atoms with Gasteiger partial charge >= 0.3 is 0 Å². The lowest BCUT2D eigenvalue weighted by Gasteiger charge is -2.33. The molecule has 6 nitrogen and oxygen atoms in total. The number of hydrogen-bond donors (Lipinski definition) is 1. The molecule has 0 aromatic rings. The molecular weight excluding hydrogens is 270 g/mol. The highest BCUT2D eigenvalue weighted by Crippen LogP contribution is 2.15. The molecule has 2 aliphatic rings. The van der Waals surface area contributed by atoms with Crippen molar-refractivity contribution in [2.24, 2.45) is 5.73 Å². The molecule has 0 bridgehead atoms. The van der Waals surface area contributed by atoms with E-state index in [1.54, 1.807) is 7.11 Å². The lowest BCUT2D eigenvalue weighted by molar-refractivity contribution is -0.136. The molecule has 1 atom stereocenters. The Hall–Kier alpha value is -0.690. The van der Waals surface area contributed by atoms with Crippen LogP contribution in [0.2, 0.25) is 0 Å². The van der Waals surface area contributed by atoms with E-state index in [9.17, 15) is 4.79 Å². The van der Waals surface area contributed by atoms with E-state index in [1.807, 2.05) is 4.90 Å². The Morgan fingerprint density at radius 1 is 1.24 bits per heavy atom. The highest BCUT2D eigenvalue weighted by Gasteiger charge is 2.26. The summed E-state index contributed by atoms with van der Waals surface area (Å²) < 4.78 is 10.9. The summed E-state index contributed by atoms with van der Waals surface area (Å²) in [7, 11) is 1.56. The van der Waals surface area contributed by atoms with Gasteiger partial charge in [-0.25, -0.2) is 0 Å². The fourth-order valence-electron chi connectivity index (χ4n) is 3.08. The number of carbonyl (C=O) groups excluding carboxylic acids is 1. The molecule has 2 N–H and O–H groups in total. The molecule has 2 fully saturated rings. The van der Waals surface area contributed by atoms with Gasteiger partial charge in [0.15, 0.2) is 0 Å². The molecule has 122 valence electrons. The minimum Gasteiger partial charge on any atom is -0.383 e. The predicted molar refractivity (Wildman–Crippen MR) is 81.1 cm³/mol. The van der Waals surface area contributed by atoms with Crippen molar-refractivity contribution < 1.29 is 14.3 Å². The van der Waals surface area contributed by atoms with E-state index >= 15 is 0 Å². The average Bonchev–Trinajstić information content (AvgIpc) is 3.01. The summed E-state index contributed by atoms with van der Waals surface area (Å²) in [6, 6.07) is -0.539. The van der Waals surface area contributed by atoms with Crippen molar-refractivity contribution in [1.29, 1.82) is 0 Å². The van der Waals surface area contributed by atoms with E-state index in [0.717, 1.165) is 39.1 Å². The van der Waals surface area contributed by atoms with Crippen molar-refractivity contribution in [2.45, 2.75) is 37.8 Å². The zero-order valence-corrected chi connectivity index (χ0v) is 13.1. The molecule has 1 amide bonds. The number of rotatable bonds is 7. The third-order valence-electron chi connectivity index (χ3n) is 4.38. The van der Waals surface area contributed by atoms with Gasteiger partial charge in [0.05, 0.1) is 19.3 Å². The Morgan fingerprint density at radius 2 is 1.90 bits per heavy atom. The zero-order valence-electron chi connectivity index (χ0n) is 13.1. The fraction of sp³-hybridized carbons (Fsp3) is 0.933. The van der Waals surface area contributed by atoms with Gasteiger partial charge in [-0.05, 0) is 38.8 Å². The Kier molecular flexibility index (Phi) is 6.89.